The zero-order chi connectivity index (χ0) is 15.4. The number of aromatic nitrogens is 2. The van der Waals surface area contributed by atoms with E-state index in [2.05, 4.69) is 31.4 Å². The number of hydrogen-bond donors (Lipinski definition) is 2. The topological polar surface area (TPSA) is 81.5 Å². The number of hydrazine groups is 1. The first-order valence-corrected chi connectivity index (χ1v) is 7.31. The number of methoxy groups -OCH3 is 1. The number of hydrogen-bond acceptors (Lipinski definition) is 6. The Morgan fingerprint density at radius 1 is 1.57 bits per heavy atom. The third-order valence-electron chi connectivity index (χ3n) is 3.22. The Hall–Kier alpha value is -1.35. The fourth-order valence-corrected chi connectivity index (χ4v) is 2.59. The molecule has 21 heavy (non-hydrogen) atoms. The number of ether oxygens (including phenoxy) is 1. The van der Waals surface area contributed by atoms with Gasteiger partial charge >= 0.3 is 0 Å². The van der Waals surface area contributed by atoms with Gasteiger partial charge in [0.05, 0.1) is 32.2 Å². The first-order chi connectivity index (χ1) is 10.1. The summed E-state index contributed by atoms with van der Waals surface area (Å²) >= 11 is 3.39. The molecule has 1 atom stereocenters. The van der Waals surface area contributed by atoms with Crippen LogP contribution in [0.5, 0.6) is 5.75 Å². The van der Waals surface area contributed by atoms with Gasteiger partial charge in [0, 0.05) is 12.1 Å². The minimum Gasteiger partial charge on any atom is -0.493 e. The summed E-state index contributed by atoms with van der Waals surface area (Å²) in [4.78, 5) is 2.09. The second-order valence-electron chi connectivity index (χ2n) is 4.87. The average molecular weight is 358 g/mol. The van der Waals surface area contributed by atoms with Gasteiger partial charge in [-0.3, -0.25) is 10.5 Å². The molecule has 0 bridgehead atoms. The van der Waals surface area contributed by atoms with Crippen LogP contribution in [-0.4, -0.2) is 42.4 Å². The van der Waals surface area contributed by atoms with E-state index in [0.29, 0.717) is 10.4 Å². The van der Waals surface area contributed by atoms with Gasteiger partial charge in [-0.05, 0) is 36.1 Å². The van der Waals surface area contributed by atoms with Gasteiger partial charge in [-0.2, -0.15) is 5.10 Å². The van der Waals surface area contributed by atoms with E-state index in [1.54, 1.807) is 19.6 Å². The van der Waals surface area contributed by atoms with E-state index in [1.165, 1.54) is 0 Å². The molecule has 0 aliphatic rings. The van der Waals surface area contributed by atoms with Crippen molar-refractivity contribution in [3.8, 4) is 5.75 Å². The maximum absolute atomic E-state index is 5.75. The van der Waals surface area contributed by atoms with Crippen LogP contribution < -0.4 is 16.0 Å². The first-order valence-electron chi connectivity index (χ1n) is 6.52. The summed E-state index contributed by atoms with van der Waals surface area (Å²) in [5, 5.41) is 4.39. The number of rotatable bonds is 7. The minimum atomic E-state index is -0.280. The van der Waals surface area contributed by atoms with Gasteiger partial charge in [-0.15, -0.1) is 0 Å². The summed E-state index contributed by atoms with van der Waals surface area (Å²) in [7, 11) is 5.66. The van der Waals surface area contributed by atoms with Gasteiger partial charge in [0.1, 0.15) is 5.69 Å². The molecule has 7 nitrogen and oxygen atoms in total. The largest absolute Gasteiger partial charge is 0.493 e. The third kappa shape index (κ3) is 3.46. The van der Waals surface area contributed by atoms with Gasteiger partial charge in [0.2, 0.25) is 0 Å². The molecule has 0 spiro atoms. The van der Waals surface area contributed by atoms with Crippen molar-refractivity contribution in [1.29, 1.82) is 0 Å². The molecule has 116 valence electrons. The van der Waals surface area contributed by atoms with E-state index in [-0.39, 0.29) is 6.04 Å². The lowest BCUT2D eigenvalue weighted by Gasteiger charge is -2.19. The summed E-state index contributed by atoms with van der Waals surface area (Å²) in [6.45, 7) is 1.60. The summed E-state index contributed by atoms with van der Waals surface area (Å²) in [5.74, 6) is 6.44. The van der Waals surface area contributed by atoms with Crippen LogP contribution in [0.15, 0.2) is 27.6 Å². The lowest BCUT2D eigenvalue weighted by atomic mass is 10.1. The summed E-state index contributed by atoms with van der Waals surface area (Å²) in [5.41, 5.74) is 4.56. The smallest absolute Gasteiger partial charge is 0.174 e. The van der Waals surface area contributed by atoms with Crippen molar-refractivity contribution in [2.45, 2.75) is 12.6 Å². The Kier molecular flexibility index (Phi) is 5.40. The number of nitrogens with zero attached hydrogens (tertiary/aromatic N) is 3. The van der Waals surface area contributed by atoms with Crippen LogP contribution >= 0.6 is 15.9 Å². The molecule has 2 rings (SSSR count). The molecule has 0 aromatic carbocycles. The van der Waals surface area contributed by atoms with Crippen LogP contribution in [0.25, 0.3) is 0 Å². The monoisotopic (exact) mass is 357 g/mol. The van der Waals surface area contributed by atoms with Crippen LogP contribution in [0, 0.1) is 0 Å². The average Bonchev–Trinajstić information content (AvgIpc) is 3.05. The summed E-state index contributed by atoms with van der Waals surface area (Å²) in [6, 6.07) is 1.58. The molecule has 0 fully saturated rings. The van der Waals surface area contributed by atoms with E-state index in [1.807, 2.05) is 24.8 Å². The quantitative estimate of drug-likeness (QED) is 0.575. The fraction of sp³-hybridized carbons (Fsp3) is 0.462. The Morgan fingerprint density at radius 2 is 2.33 bits per heavy atom. The molecule has 1 unspecified atom stereocenters. The number of nitrogens with two attached hydrogens (primary N) is 1. The fourth-order valence-electron chi connectivity index (χ4n) is 2.13. The van der Waals surface area contributed by atoms with Crippen LogP contribution in [0.2, 0.25) is 0 Å². The third-order valence-corrected chi connectivity index (χ3v) is 3.87. The maximum Gasteiger partial charge on any atom is 0.174 e. The second kappa shape index (κ2) is 7.08. The van der Waals surface area contributed by atoms with Crippen molar-refractivity contribution in [3.05, 3.63) is 34.5 Å². The Labute approximate surface area is 132 Å². The second-order valence-corrected chi connectivity index (χ2v) is 5.59. The SMILES string of the molecule is COc1cnn(CCN(C)C)c1C(NN)c1ccoc1Br. The molecule has 2 aromatic heterocycles. The Bertz CT molecular complexity index is 581. The molecular formula is C13H20BrN5O2. The van der Waals surface area contributed by atoms with E-state index < -0.39 is 0 Å². The van der Waals surface area contributed by atoms with Crippen LogP contribution in [-0.2, 0) is 6.54 Å². The lowest BCUT2D eigenvalue weighted by molar-refractivity contribution is 0.359. The standard InChI is InChI=1S/C13H20BrN5O2/c1-18(2)5-6-19-12(10(20-3)8-16-19)11(17-15)9-4-7-21-13(9)14/h4,7-8,11,17H,5-6,15H2,1-3H3. The zero-order valence-corrected chi connectivity index (χ0v) is 13.9. The molecular weight excluding hydrogens is 338 g/mol. The van der Waals surface area contributed by atoms with Crippen LogP contribution in [0.3, 0.4) is 0 Å². The molecule has 2 heterocycles. The van der Waals surface area contributed by atoms with Crippen molar-refractivity contribution in [3.63, 3.8) is 0 Å². The van der Waals surface area contributed by atoms with Gasteiger partial charge in [-0.25, -0.2) is 5.43 Å². The zero-order valence-electron chi connectivity index (χ0n) is 12.3. The first kappa shape index (κ1) is 16.0. The van der Waals surface area contributed by atoms with Crippen LogP contribution in [0.1, 0.15) is 17.3 Å². The van der Waals surface area contributed by atoms with Gasteiger partial charge < -0.3 is 14.1 Å². The minimum absolute atomic E-state index is 0.280. The van der Waals surface area contributed by atoms with E-state index in [4.69, 9.17) is 15.0 Å². The molecule has 8 heteroatoms. The van der Waals surface area contributed by atoms with E-state index >= 15 is 0 Å². The van der Waals surface area contributed by atoms with Gasteiger partial charge in [0.25, 0.3) is 0 Å². The van der Waals surface area contributed by atoms with E-state index in [9.17, 15) is 0 Å². The van der Waals surface area contributed by atoms with Crippen molar-refractivity contribution in [2.75, 3.05) is 27.7 Å². The maximum atomic E-state index is 5.75. The molecule has 0 amide bonds. The van der Waals surface area contributed by atoms with Crippen LogP contribution in [0.4, 0.5) is 0 Å². The van der Waals surface area contributed by atoms with Gasteiger partial charge in [-0.1, -0.05) is 0 Å². The highest BCUT2D eigenvalue weighted by Gasteiger charge is 2.25. The highest BCUT2D eigenvalue weighted by Crippen LogP contribution is 2.33. The Morgan fingerprint density at radius 3 is 2.86 bits per heavy atom. The van der Waals surface area contributed by atoms with Crippen molar-refractivity contribution in [2.24, 2.45) is 5.84 Å². The predicted octanol–water partition coefficient (Wildman–Crippen LogP) is 1.36. The van der Waals surface area contributed by atoms with E-state index in [0.717, 1.165) is 24.3 Å². The highest BCUT2D eigenvalue weighted by atomic mass is 79.9. The van der Waals surface area contributed by atoms with Gasteiger partial charge in [0.15, 0.2) is 10.4 Å². The molecule has 2 aromatic rings. The summed E-state index contributed by atoms with van der Waals surface area (Å²) < 4.78 is 13.2. The van der Waals surface area contributed by atoms with Crippen molar-refractivity contribution in [1.82, 2.24) is 20.1 Å². The normalized spacial score (nSPS) is 12.9. The molecule has 0 saturated carbocycles. The number of likely N-dealkylation sites (N-methyl/N-ethyl adjacent to an activating group) is 1. The summed E-state index contributed by atoms with van der Waals surface area (Å²) in [6.07, 6.45) is 3.31. The highest BCUT2D eigenvalue weighted by molar-refractivity contribution is 9.10. The molecule has 0 radical (unpaired) electrons. The lowest BCUT2D eigenvalue weighted by Crippen LogP contribution is -2.32. The molecule has 0 aliphatic heterocycles. The molecule has 0 saturated heterocycles. The predicted molar refractivity (Wildman–Crippen MR) is 82.9 cm³/mol. The number of nitrogens with one attached hydrogen (secondary N) is 1. The number of halogens is 1. The molecule has 0 aliphatic carbocycles. The molecule has 3 N–H and O–H groups in total. The van der Waals surface area contributed by atoms with Crippen molar-refractivity contribution >= 4 is 15.9 Å². The number of furan rings is 1. The Balaban J connectivity index is 2.39. The van der Waals surface area contributed by atoms with Crippen molar-refractivity contribution < 1.29 is 9.15 Å².